The highest BCUT2D eigenvalue weighted by molar-refractivity contribution is 7.17. The molecule has 0 aliphatic carbocycles. The number of nitrogens with zero attached hydrogens (tertiary/aromatic N) is 1. The normalized spacial score (nSPS) is 26.1. The molecule has 4 aliphatic rings. The van der Waals surface area contributed by atoms with Gasteiger partial charge in [0.25, 0.3) is 0 Å². The van der Waals surface area contributed by atoms with Crippen LogP contribution in [0.4, 0.5) is 0 Å². The lowest BCUT2D eigenvalue weighted by Crippen LogP contribution is -2.63. The number of unbranched alkanes of at least 4 members (excludes halogenated alkanes) is 1. The number of hydrogen-bond acceptors (Lipinski definition) is 17. The van der Waals surface area contributed by atoms with Gasteiger partial charge in [-0.05, 0) is 38.1 Å². The van der Waals surface area contributed by atoms with Crippen LogP contribution in [-0.4, -0.2) is 191 Å². The number of carbonyl (C=O) groups is 2. The Morgan fingerprint density at radius 3 is 1.75 bits per heavy atom. The molecule has 21 heteroatoms. The molecular weight excluding hydrogens is 791 g/mol. The van der Waals surface area contributed by atoms with E-state index in [1.54, 1.807) is 49.2 Å². The number of ether oxygens (including phenoxy) is 5. The molecule has 0 radical (unpaired) electrons. The SMILES string of the molecule is CO[Si](CCCOCCC1CN2CC(COCCC[Si](OC)(OC)OC)O[Si](CCCOCC3CO3)(O1)OC(OCCCC[Si](C)(C=O)C=O)C2)(OC)OC. The van der Waals surface area contributed by atoms with Gasteiger partial charge in [0.1, 0.15) is 17.9 Å². The van der Waals surface area contributed by atoms with E-state index in [4.69, 9.17) is 63.5 Å². The first kappa shape index (κ1) is 49.0. The van der Waals surface area contributed by atoms with E-state index in [1.165, 1.54) is 0 Å². The van der Waals surface area contributed by atoms with Gasteiger partial charge in [0.2, 0.25) is 0 Å². The lowest BCUT2D eigenvalue weighted by molar-refractivity contribution is -0.180. The molecule has 6 atom stereocenters. The van der Waals surface area contributed by atoms with Crippen molar-refractivity contribution in [3.63, 3.8) is 0 Å². The van der Waals surface area contributed by atoms with Crippen molar-refractivity contribution in [3.8, 4) is 0 Å². The van der Waals surface area contributed by atoms with E-state index in [0.717, 1.165) is 31.3 Å². The molecule has 17 nitrogen and oxygen atoms in total. The van der Waals surface area contributed by atoms with E-state index in [9.17, 15) is 9.59 Å². The summed E-state index contributed by atoms with van der Waals surface area (Å²) in [5, 5.41) is 0. The average molecular weight is 860 g/mol. The summed E-state index contributed by atoms with van der Waals surface area (Å²) in [4.78, 5) is 25.2. The first-order chi connectivity index (χ1) is 26.6. The first-order valence-corrected chi connectivity index (χ1v) is 28.2. The number of hydrogen-bond donors (Lipinski definition) is 0. The molecular formula is C34H69NO16Si4. The summed E-state index contributed by atoms with van der Waals surface area (Å²) in [6.07, 6.45) is 3.34. The average Bonchev–Trinajstić information content (AvgIpc) is 4.02. The van der Waals surface area contributed by atoms with E-state index >= 15 is 0 Å². The van der Waals surface area contributed by atoms with E-state index < -0.39 is 40.8 Å². The highest BCUT2D eigenvalue weighted by atomic mass is 28.4. The second-order valence-electron chi connectivity index (χ2n) is 14.4. The molecule has 0 amide bonds. The number of rotatable bonds is 33. The van der Waals surface area contributed by atoms with Crippen LogP contribution in [0.2, 0.25) is 30.7 Å². The molecule has 0 spiro atoms. The first-order valence-electron chi connectivity index (χ1n) is 19.5. The Morgan fingerprint density at radius 2 is 1.16 bits per heavy atom. The third kappa shape index (κ3) is 17.4. The number of carbonyl (C=O) groups excluding carboxylic acids is 2. The third-order valence-electron chi connectivity index (χ3n) is 10.1. The van der Waals surface area contributed by atoms with Gasteiger partial charge in [-0.15, -0.1) is 0 Å². The van der Waals surface area contributed by atoms with Crippen molar-refractivity contribution in [2.45, 2.75) is 93.9 Å². The predicted octanol–water partition coefficient (Wildman–Crippen LogP) is 2.55. The minimum absolute atomic E-state index is 0.178. The van der Waals surface area contributed by atoms with Crippen LogP contribution >= 0.6 is 0 Å². The lowest BCUT2D eigenvalue weighted by Gasteiger charge is -2.47. The van der Waals surface area contributed by atoms with Crippen LogP contribution in [0.15, 0.2) is 0 Å². The van der Waals surface area contributed by atoms with Crippen LogP contribution in [0, 0.1) is 0 Å². The number of fused-ring (bicyclic) bond motifs is 6. The van der Waals surface area contributed by atoms with Gasteiger partial charge in [-0.1, -0.05) is 13.0 Å². The molecule has 4 fully saturated rings. The van der Waals surface area contributed by atoms with Gasteiger partial charge in [0.05, 0.1) is 32.0 Å². The Labute approximate surface area is 332 Å². The summed E-state index contributed by atoms with van der Waals surface area (Å²) in [5.74, 6) is 1.70. The fourth-order valence-corrected chi connectivity index (χ4v) is 14.3. The van der Waals surface area contributed by atoms with Gasteiger partial charge < -0.3 is 73.1 Å². The summed E-state index contributed by atoms with van der Waals surface area (Å²) in [7, 11) is -1.59. The molecule has 0 N–H and O–H groups in total. The van der Waals surface area contributed by atoms with Crippen molar-refractivity contribution >= 4 is 46.3 Å². The monoisotopic (exact) mass is 859 g/mol. The number of epoxide rings is 1. The summed E-state index contributed by atoms with van der Waals surface area (Å²) in [6, 6.07) is 2.43. The maximum absolute atomic E-state index is 11.5. The van der Waals surface area contributed by atoms with Crippen LogP contribution in [-0.2, 0) is 73.1 Å². The largest absolute Gasteiger partial charge is 0.503 e. The van der Waals surface area contributed by atoms with Gasteiger partial charge in [-0.3, -0.25) is 4.90 Å². The van der Waals surface area contributed by atoms with Crippen LogP contribution in [0.3, 0.4) is 0 Å². The minimum atomic E-state index is -3.40. The van der Waals surface area contributed by atoms with Gasteiger partial charge in [-0.25, -0.2) is 0 Å². The van der Waals surface area contributed by atoms with Crippen molar-refractivity contribution in [2.24, 2.45) is 0 Å². The fraction of sp³-hybridized carbons (Fsp3) is 0.941. The molecule has 6 unspecified atom stereocenters. The van der Waals surface area contributed by atoms with Crippen LogP contribution < -0.4 is 0 Å². The molecule has 55 heavy (non-hydrogen) atoms. The second kappa shape index (κ2) is 26.0. The maximum atomic E-state index is 11.5. The zero-order chi connectivity index (χ0) is 40.0. The Balaban J connectivity index is 1.68. The van der Waals surface area contributed by atoms with Gasteiger partial charge in [0.15, 0.2) is 14.4 Å². The van der Waals surface area contributed by atoms with Crippen LogP contribution in [0.1, 0.15) is 38.5 Å². The quantitative estimate of drug-likeness (QED) is 0.0408. The highest BCUT2D eigenvalue weighted by Gasteiger charge is 2.51. The molecule has 4 rings (SSSR count). The summed E-state index contributed by atoms with van der Waals surface area (Å²) >= 11 is 0. The van der Waals surface area contributed by atoms with Crippen molar-refractivity contribution in [2.75, 3.05) is 115 Å². The van der Waals surface area contributed by atoms with Crippen molar-refractivity contribution in [1.29, 1.82) is 0 Å². The van der Waals surface area contributed by atoms with E-state index in [0.29, 0.717) is 116 Å². The van der Waals surface area contributed by atoms with Gasteiger partial charge >= 0.3 is 26.4 Å². The topological polar surface area (TPSA) is 170 Å². The zero-order valence-electron chi connectivity index (χ0n) is 34.3. The summed E-state index contributed by atoms with van der Waals surface area (Å²) in [6.45, 7) is 7.71. The molecule has 0 aromatic carbocycles. The van der Waals surface area contributed by atoms with Gasteiger partial charge in [0, 0.05) is 113 Å². The van der Waals surface area contributed by atoms with Crippen LogP contribution in [0.25, 0.3) is 0 Å². The molecule has 4 heterocycles. The van der Waals surface area contributed by atoms with E-state index in [2.05, 4.69) is 4.90 Å². The summed E-state index contributed by atoms with van der Waals surface area (Å²) in [5.41, 5.74) is 0. The predicted molar refractivity (Wildman–Crippen MR) is 211 cm³/mol. The molecule has 4 saturated heterocycles. The fourth-order valence-electron chi connectivity index (χ4n) is 6.58. The molecule has 322 valence electrons. The second-order valence-corrected chi connectivity index (χ2v) is 27.1. The highest BCUT2D eigenvalue weighted by Crippen LogP contribution is 2.31. The molecule has 0 aromatic heterocycles. The Kier molecular flexibility index (Phi) is 23.1. The molecule has 4 aliphatic heterocycles. The lowest BCUT2D eigenvalue weighted by atomic mass is 10.2. The third-order valence-corrected chi connectivity index (χ3v) is 21.2. The van der Waals surface area contributed by atoms with Crippen molar-refractivity contribution in [3.05, 3.63) is 0 Å². The Morgan fingerprint density at radius 1 is 0.618 bits per heavy atom. The van der Waals surface area contributed by atoms with Crippen LogP contribution in [0.5, 0.6) is 0 Å². The smallest absolute Gasteiger partial charge is 0.381 e. The summed E-state index contributed by atoms with van der Waals surface area (Å²) < 4.78 is 83.9. The Hall–Kier alpha value is -0.392. The zero-order valence-corrected chi connectivity index (χ0v) is 38.3. The van der Waals surface area contributed by atoms with Crippen molar-refractivity contribution in [1.82, 2.24) is 4.90 Å². The van der Waals surface area contributed by atoms with Gasteiger partial charge in [-0.2, -0.15) is 0 Å². The molecule has 0 saturated carbocycles. The van der Waals surface area contributed by atoms with E-state index in [1.807, 2.05) is 0 Å². The van der Waals surface area contributed by atoms with E-state index in [-0.39, 0.29) is 18.3 Å². The van der Waals surface area contributed by atoms with Crippen molar-refractivity contribution < 1.29 is 73.1 Å². The molecule has 2 bridgehead atoms. The standard InChI is InChI=1S/C34H69NO16Si4/c1-38-53(39-2,40-3)20-10-14-44-18-13-31-23-35-24-32(26-45-15-11-21-54(41-4,42-5)43-6)50-55(49-31,22-12-16-46-27-33-28-48-33)51-34(25-35)47-17-8-9-19-52(7,29-36)30-37/h29-34H,8-28H2,1-7H3. The molecule has 0 aromatic rings. The Bertz CT molecular complexity index is 1040. The maximum Gasteiger partial charge on any atom is 0.503 e. The minimum Gasteiger partial charge on any atom is -0.381 e.